The quantitative estimate of drug-likeness (QED) is 0.665. The van der Waals surface area contributed by atoms with Gasteiger partial charge in [0.1, 0.15) is 6.54 Å². The Hall–Kier alpha value is -3.19. The number of rotatable bonds is 5. The molecule has 0 unspecified atom stereocenters. The molecule has 0 aliphatic heterocycles. The van der Waals surface area contributed by atoms with Crippen molar-refractivity contribution in [2.45, 2.75) is 26.5 Å². The topological polar surface area (TPSA) is 90.3 Å². The Morgan fingerprint density at radius 1 is 1.18 bits per heavy atom. The summed E-state index contributed by atoms with van der Waals surface area (Å²) in [5.41, 5.74) is 1.04. The molecule has 144 valence electrons. The Labute approximate surface area is 165 Å². The molecule has 3 aromatic rings. The van der Waals surface area contributed by atoms with Crippen molar-refractivity contribution in [3.8, 4) is 0 Å². The van der Waals surface area contributed by atoms with E-state index >= 15 is 0 Å². The minimum Gasteiger partial charge on any atom is -0.459 e. The van der Waals surface area contributed by atoms with E-state index in [0.29, 0.717) is 27.2 Å². The molecule has 0 aliphatic carbocycles. The minimum atomic E-state index is -0.430. The summed E-state index contributed by atoms with van der Waals surface area (Å²) < 4.78 is 6.32. The Morgan fingerprint density at radius 2 is 1.89 bits per heavy atom. The maximum Gasteiger partial charge on any atom is 0.338 e. The Balaban J connectivity index is 1.70. The van der Waals surface area contributed by atoms with Gasteiger partial charge in [-0.3, -0.25) is 14.2 Å². The zero-order valence-electron chi connectivity index (χ0n) is 15.3. The van der Waals surface area contributed by atoms with Gasteiger partial charge < -0.3 is 10.1 Å². The molecule has 0 radical (unpaired) electrons. The van der Waals surface area contributed by atoms with Crippen LogP contribution in [0.4, 0.5) is 5.69 Å². The summed E-state index contributed by atoms with van der Waals surface area (Å²) in [6.07, 6.45) is 1.11. The van der Waals surface area contributed by atoms with Crippen molar-refractivity contribution in [3.63, 3.8) is 0 Å². The molecule has 28 heavy (non-hydrogen) atoms. The second kappa shape index (κ2) is 8.22. The molecule has 8 heteroatoms. The molecule has 0 bridgehead atoms. The van der Waals surface area contributed by atoms with Crippen LogP contribution < -0.4 is 10.9 Å². The number of nitrogens with zero attached hydrogens (tertiary/aromatic N) is 2. The number of carbonyl (C=O) groups excluding carboxylic acids is 2. The average molecular weight is 400 g/mol. The molecule has 1 N–H and O–H groups in total. The van der Waals surface area contributed by atoms with E-state index in [1.807, 2.05) is 0 Å². The molecule has 0 atom stereocenters. The fourth-order valence-electron chi connectivity index (χ4n) is 2.57. The number of amides is 1. The van der Waals surface area contributed by atoms with Gasteiger partial charge in [0.05, 0.1) is 28.9 Å². The lowest BCUT2D eigenvalue weighted by Crippen LogP contribution is -2.27. The molecule has 0 spiro atoms. The SMILES string of the molecule is CC(C)OC(=O)c1ccc(NC(=O)Cn2cnc3ccc(Cl)cc3c2=O)cc1. The van der Waals surface area contributed by atoms with Crippen LogP contribution in [0.2, 0.25) is 5.02 Å². The van der Waals surface area contributed by atoms with Gasteiger partial charge in [0.15, 0.2) is 0 Å². The van der Waals surface area contributed by atoms with Crippen molar-refractivity contribution in [3.05, 3.63) is 69.7 Å². The van der Waals surface area contributed by atoms with E-state index in [-0.39, 0.29) is 18.2 Å². The fourth-order valence-corrected chi connectivity index (χ4v) is 2.74. The largest absolute Gasteiger partial charge is 0.459 e. The zero-order valence-corrected chi connectivity index (χ0v) is 16.1. The van der Waals surface area contributed by atoms with Crippen LogP contribution in [-0.4, -0.2) is 27.5 Å². The predicted molar refractivity (Wildman–Crippen MR) is 107 cm³/mol. The summed E-state index contributed by atoms with van der Waals surface area (Å²) >= 11 is 5.93. The molecule has 0 saturated carbocycles. The third kappa shape index (κ3) is 4.55. The molecule has 1 amide bonds. The third-order valence-corrected chi connectivity index (χ3v) is 4.08. The minimum absolute atomic E-state index is 0.203. The van der Waals surface area contributed by atoms with Crippen LogP contribution in [0.5, 0.6) is 0 Å². The summed E-state index contributed by atoms with van der Waals surface area (Å²) in [5, 5.41) is 3.44. The molecule has 0 fully saturated rings. The second-order valence-corrected chi connectivity index (χ2v) is 6.86. The number of fused-ring (bicyclic) bond motifs is 1. The summed E-state index contributed by atoms with van der Waals surface area (Å²) in [5.74, 6) is -0.830. The first kappa shape index (κ1) is 19.6. The molecule has 1 heterocycles. The normalized spacial score (nSPS) is 10.9. The predicted octanol–water partition coefficient (Wildman–Crippen LogP) is 3.25. The maximum atomic E-state index is 12.5. The van der Waals surface area contributed by atoms with Crippen LogP contribution in [0.15, 0.2) is 53.6 Å². The van der Waals surface area contributed by atoms with Crippen molar-refractivity contribution in [1.82, 2.24) is 9.55 Å². The van der Waals surface area contributed by atoms with Gasteiger partial charge in [-0.1, -0.05) is 11.6 Å². The van der Waals surface area contributed by atoms with Crippen LogP contribution in [0.3, 0.4) is 0 Å². The van der Waals surface area contributed by atoms with Gasteiger partial charge in [-0.15, -0.1) is 0 Å². The van der Waals surface area contributed by atoms with Crippen molar-refractivity contribution < 1.29 is 14.3 Å². The lowest BCUT2D eigenvalue weighted by Gasteiger charge is -2.10. The van der Waals surface area contributed by atoms with Crippen molar-refractivity contribution in [2.24, 2.45) is 0 Å². The highest BCUT2D eigenvalue weighted by molar-refractivity contribution is 6.31. The first-order valence-corrected chi connectivity index (χ1v) is 8.97. The highest BCUT2D eigenvalue weighted by Crippen LogP contribution is 2.14. The monoisotopic (exact) mass is 399 g/mol. The highest BCUT2D eigenvalue weighted by Gasteiger charge is 2.11. The van der Waals surface area contributed by atoms with E-state index in [9.17, 15) is 14.4 Å². The molecule has 2 aromatic carbocycles. The summed E-state index contributed by atoms with van der Waals surface area (Å²) in [6, 6.07) is 11.1. The van der Waals surface area contributed by atoms with Crippen molar-refractivity contribution in [1.29, 1.82) is 0 Å². The zero-order chi connectivity index (χ0) is 20.3. The van der Waals surface area contributed by atoms with Gasteiger partial charge in [0.2, 0.25) is 5.91 Å². The number of hydrogen-bond donors (Lipinski definition) is 1. The summed E-state index contributed by atoms with van der Waals surface area (Å²) in [7, 11) is 0. The molecular weight excluding hydrogens is 382 g/mol. The Kier molecular flexibility index (Phi) is 5.75. The van der Waals surface area contributed by atoms with Gasteiger partial charge in [-0.2, -0.15) is 0 Å². The van der Waals surface area contributed by atoms with Crippen LogP contribution in [0.1, 0.15) is 24.2 Å². The smallest absolute Gasteiger partial charge is 0.338 e. The molecule has 0 aliphatic rings. The number of hydrogen-bond acceptors (Lipinski definition) is 5. The average Bonchev–Trinajstić information content (AvgIpc) is 2.64. The lowest BCUT2D eigenvalue weighted by molar-refractivity contribution is -0.116. The summed E-state index contributed by atoms with van der Waals surface area (Å²) in [4.78, 5) is 40.8. The Morgan fingerprint density at radius 3 is 2.57 bits per heavy atom. The second-order valence-electron chi connectivity index (χ2n) is 6.42. The fraction of sp³-hybridized carbons (Fsp3) is 0.200. The van der Waals surface area contributed by atoms with Crippen molar-refractivity contribution in [2.75, 3.05) is 5.32 Å². The number of esters is 1. The van der Waals surface area contributed by atoms with Crippen LogP contribution >= 0.6 is 11.6 Å². The summed E-state index contributed by atoms with van der Waals surface area (Å²) in [6.45, 7) is 3.33. The van der Waals surface area contributed by atoms with Gasteiger partial charge in [-0.05, 0) is 56.3 Å². The number of halogens is 1. The van der Waals surface area contributed by atoms with Crippen LogP contribution in [0.25, 0.3) is 10.9 Å². The Bertz CT molecular complexity index is 1090. The van der Waals surface area contributed by atoms with E-state index in [1.165, 1.54) is 17.0 Å². The molecule has 1 aromatic heterocycles. The third-order valence-electron chi connectivity index (χ3n) is 3.85. The molecule has 0 saturated heterocycles. The van der Waals surface area contributed by atoms with E-state index < -0.39 is 11.9 Å². The molecule has 7 nitrogen and oxygen atoms in total. The van der Waals surface area contributed by atoms with E-state index in [2.05, 4.69) is 10.3 Å². The van der Waals surface area contributed by atoms with Gasteiger partial charge in [0.25, 0.3) is 5.56 Å². The van der Waals surface area contributed by atoms with Crippen LogP contribution in [-0.2, 0) is 16.1 Å². The molecular formula is C20H18ClN3O4. The van der Waals surface area contributed by atoms with Gasteiger partial charge in [0, 0.05) is 10.7 Å². The first-order valence-electron chi connectivity index (χ1n) is 8.59. The van der Waals surface area contributed by atoms with E-state index in [0.717, 1.165) is 0 Å². The number of nitrogens with one attached hydrogen (secondary N) is 1. The number of aromatic nitrogens is 2. The van der Waals surface area contributed by atoms with E-state index in [1.54, 1.807) is 50.2 Å². The number of benzene rings is 2. The van der Waals surface area contributed by atoms with E-state index in [4.69, 9.17) is 16.3 Å². The van der Waals surface area contributed by atoms with Crippen LogP contribution in [0, 0.1) is 0 Å². The molecule has 3 rings (SSSR count). The number of ether oxygens (including phenoxy) is 1. The van der Waals surface area contributed by atoms with Gasteiger partial charge in [-0.25, -0.2) is 9.78 Å². The highest BCUT2D eigenvalue weighted by atomic mass is 35.5. The number of anilines is 1. The van der Waals surface area contributed by atoms with Gasteiger partial charge >= 0.3 is 5.97 Å². The standard InChI is InChI=1S/C20H18ClN3O4/c1-12(2)28-20(27)13-3-6-15(7-4-13)23-18(25)10-24-11-22-17-8-5-14(21)9-16(17)19(24)26/h3-9,11-12H,10H2,1-2H3,(H,23,25). The number of carbonyl (C=O) groups is 2. The lowest BCUT2D eigenvalue weighted by atomic mass is 10.2. The first-order chi connectivity index (χ1) is 13.3. The van der Waals surface area contributed by atoms with Crippen molar-refractivity contribution >= 4 is 40.1 Å². The maximum absolute atomic E-state index is 12.5.